The first kappa shape index (κ1) is 13.8. The molecule has 0 rings (SSSR count). The van der Waals surface area contributed by atoms with Crippen molar-refractivity contribution in [1.82, 2.24) is 10.2 Å². The highest BCUT2D eigenvalue weighted by atomic mass is 16.3. The van der Waals surface area contributed by atoms with Gasteiger partial charge in [0, 0.05) is 19.7 Å². The fourth-order valence-electron chi connectivity index (χ4n) is 1.46. The van der Waals surface area contributed by atoms with Crippen molar-refractivity contribution in [1.29, 1.82) is 0 Å². The molecule has 14 heavy (non-hydrogen) atoms. The van der Waals surface area contributed by atoms with Crippen LogP contribution in [0.2, 0.25) is 0 Å². The molecule has 3 N–H and O–H groups in total. The third kappa shape index (κ3) is 8.44. The molecule has 4 heteroatoms. The summed E-state index contributed by atoms with van der Waals surface area (Å²) in [5.74, 6) is 0. The number of likely N-dealkylation sites (N-methyl/N-ethyl adjacent to an activating group) is 1. The Labute approximate surface area is 86.9 Å². The minimum absolute atomic E-state index is 0.246. The maximum Gasteiger partial charge on any atom is 0.0869 e. The Morgan fingerprint density at radius 2 is 1.93 bits per heavy atom. The zero-order valence-corrected chi connectivity index (χ0v) is 9.58. The number of hydrogen-bond acceptors (Lipinski definition) is 4. The fourth-order valence-corrected chi connectivity index (χ4v) is 1.46. The van der Waals surface area contributed by atoms with E-state index in [1.54, 1.807) is 0 Å². The Balaban J connectivity index is 3.45. The summed E-state index contributed by atoms with van der Waals surface area (Å²) in [6.07, 6.45) is 1.78. The summed E-state index contributed by atoms with van der Waals surface area (Å²) >= 11 is 0. The van der Waals surface area contributed by atoms with Crippen molar-refractivity contribution in [2.45, 2.75) is 25.4 Å². The predicted octanol–water partition coefficient (Wildman–Crippen LogP) is -0.339. The number of aliphatic hydroxyl groups is 2. The normalized spacial score (nSPS) is 15.9. The van der Waals surface area contributed by atoms with Crippen LogP contribution in [0.1, 0.15) is 19.8 Å². The van der Waals surface area contributed by atoms with Gasteiger partial charge in [-0.1, -0.05) is 0 Å². The van der Waals surface area contributed by atoms with Gasteiger partial charge in [0.25, 0.3) is 0 Å². The van der Waals surface area contributed by atoms with Crippen molar-refractivity contribution >= 4 is 0 Å². The number of rotatable bonds is 8. The van der Waals surface area contributed by atoms with E-state index in [1.807, 2.05) is 25.9 Å². The van der Waals surface area contributed by atoms with Crippen LogP contribution in [0.25, 0.3) is 0 Å². The first-order valence-corrected chi connectivity index (χ1v) is 5.16. The molecular weight excluding hydrogens is 180 g/mol. The first-order chi connectivity index (χ1) is 6.48. The van der Waals surface area contributed by atoms with Crippen LogP contribution in [-0.4, -0.2) is 61.1 Å². The molecule has 0 aliphatic carbocycles. The van der Waals surface area contributed by atoms with Gasteiger partial charge in [0.05, 0.1) is 5.60 Å². The molecule has 0 aromatic heterocycles. The SMILES string of the molecule is CN(C)CC(C)(O)CNCCCCO. The van der Waals surface area contributed by atoms with E-state index in [2.05, 4.69) is 5.32 Å². The molecule has 0 heterocycles. The minimum Gasteiger partial charge on any atom is -0.396 e. The Morgan fingerprint density at radius 3 is 2.43 bits per heavy atom. The molecule has 0 amide bonds. The van der Waals surface area contributed by atoms with Gasteiger partial charge in [-0.25, -0.2) is 0 Å². The largest absolute Gasteiger partial charge is 0.396 e. The van der Waals surface area contributed by atoms with E-state index >= 15 is 0 Å². The smallest absolute Gasteiger partial charge is 0.0869 e. The standard InChI is InChI=1S/C10H24N2O2/c1-10(14,9-12(2)3)8-11-6-4-5-7-13/h11,13-14H,4-9H2,1-3H3. The lowest BCUT2D eigenvalue weighted by molar-refractivity contribution is 0.0339. The molecular formula is C10H24N2O2. The van der Waals surface area contributed by atoms with Gasteiger partial charge >= 0.3 is 0 Å². The highest BCUT2D eigenvalue weighted by molar-refractivity contribution is 4.77. The summed E-state index contributed by atoms with van der Waals surface area (Å²) in [6.45, 7) is 4.17. The van der Waals surface area contributed by atoms with Gasteiger partial charge in [-0.3, -0.25) is 0 Å². The van der Waals surface area contributed by atoms with Crippen molar-refractivity contribution in [2.75, 3.05) is 40.3 Å². The average molecular weight is 204 g/mol. The van der Waals surface area contributed by atoms with E-state index in [1.165, 1.54) is 0 Å². The molecule has 0 spiro atoms. The summed E-state index contributed by atoms with van der Waals surface area (Å²) in [6, 6.07) is 0. The van der Waals surface area contributed by atoms with E-state index in [0.717, 1.165) is 19.4 Å². The zero-order chi connectivity index (χ0) is 11.0. The van der Waals surface area contributed by atoms with E-state index < -0.39 is 5.60 Å². The molecule has 86 valence electrons. The van der Waals surface area contributed by atoms with Crippen LogP contribution >= 0.6 is 0 Å². The summed E-state index contributed by atoms with van der Waals surface area (Å²) in [5.41, 5.74) is -0.678. The molecule has 4 nitrogen and oxygen atoms in total. The first-order valence-electron chi connectivity index (χ1n) is 5.16. The second-order valence-corrected chi connectivity index (χ2v) is 4.34. The average Bonchev–Trinajstić information content (AvgIpc) is 2.01. The van der Waals surface area contributed by atoms with Crippen LogP contribution in [0.3, 0.4) is 0 Å². The van der Waals surface area contributed by atoms with Crippen molar-refractivity contribution in [2.24, 2.45) is 0 Å². The van der Waals surface area contributed by atoms with E-state index in [9.17, 15) is 5.11 Å². The molecule has 0 fully saturated rings. The molecule has 0 saturated carbocycles. The lowest BCUT2D eigenvalue weighted by atomic mass is 10.1. The molecule has 0 saturated heterocycles. The maximum atomic E-state index is 9.89. The minimum atomic E-state index is -0.678. The summed E-state index contributed by atoms with van der Waals surface area (Å²) in [5, 5.41) is 21.6. The van der Waals surface area contributed by atoms with Crippen molar-refractivity contribution in [3.63, 3.8) is 0 Å². The second-order valence-electron chi connectivity index (χ2n) is 4.34. The Bertz CT molecular complexity index is 138. The maximum absolute atomic E-state index is 9.89. The monoisotopic (exact) mass is 204 g/mol. The van der Waals surface area contributed by atoms with E-state index in [0.29, 0.717) is 13.1 Å². The van der Waals surface area contributed by atoms with Crippen molar-refractivity contribution < 1.29 is 10.2 Å². The van der Waals surface area contributed by atoms with Gasteiger partial charge < -0.3 is 20.4 Å². The lowest BCUT2D eigenvalue weighted by Crippen LogP contribution is -2.45. The molecule has 0 aliphatic rings. The third-order valence-electron chi connectivity index (χ3n) is 1.92. The Hall–Kier alpha value is -0.160. The van der Waals surface area contributed by atoms with Crippen LogP contribution in [0.5, 0.6) is 0 Å². The molecule has 0 bridgehead atoms. The second kappa shape index (κ2) is 7.17. The highest BCUT2D eigenvalue weighted by Gasteiger charge is 2.20. The fraction of sp³-hybridized carbons (Fsp3) is 1.00. The number of hydrogen-bond donors (Lipinski definition) is 3. The molecule has 1 unspecified atom stereocenters. The number of nitrogens with zero attached hydrogens (tertiary/aromatic N) is 1. The summed E-state index contributed by atoms with van der Waals surface area (Å²) in [7, 11) is 3.89. The Morgan fingerprint density at radius 1 is 1.29 bits per heavy atom. The molecule has 0 aromatic rings. The van der Waals surface area contributed by atoms with E-state index in [-0.39, 0.29) is 6.61 Å². The Kier molecular flexibility index (Phi) is 7.09. The summed E-state index contributed by atoms with van der Waals surface area (Å²) in [4.78, 5) is 1.97. The van der Waals surface area contributed by atoms with Gasteiger partial charge in [0.1, 0.15) is 0 Å². The van der Waals surface area contributed by atoms with Crippen LogP contribution in [-0.2, 0) is 0 Å². The van der Waals surface area contributed by atoms with Crippen LogP contribution in [0, 0.1) is 0 Å². The van der Waals surface area contributed by atoms with Crippen LogP contribution < -0.4 is 5.32 Å². The number of nitrogens with one attached hydrogen (secondary N) is 1. The number of unbranched alkanes of at least 4 members (excludes halogenated alkanes) is 1. The van der Waals surface area contributed by atoms with Crippen molar-refractivity contribution in [3.05, 3.63) is 0 Å². The third-order valence-corrected chi connectivity index (χ3v) is 1.92. The predicted molar refractivity (Wildman–Crippen MR) is 58.4 cm³/mol. The van der Waals surface area contributed by atoms with Gasteiger partial charge in [0.15, 0.2) is 0 Å². The zero-order valence-electron chi connectivity index (χ0n) is 9.58. The molecule has 0 aromatic carbocycles. The van der Waals surface area contributed by atoms with Gasteiger partial charge in [-0.15, -0.1) is 0 Å². The topological polar surface area (TPSA) is 55.7 Å². The quantitative estimate of drug-likeness (QED) is 0.474. The molecule has 1 atom stereocenters. The van der Waals surface area contributed by atoms with Crippen LogP contribution in [0.15, 0.2) is 0 Å². The van der Waals surface area contributed by atoms with Gasteiger partial charge in [0.2, 0.25) is 0 Å². The highest BCUT2D eigenvalue weighted by Crippen LogP contribution is 2.02. The van der Waals surface area contributed by atoms with Crippen molar-refractivity contribution in [3.8, 4) is 0 Å². The van der Waals surface area contributed by atoms with Crippen LogP contribution in [0.4, 0.5) is 0 Å². The number of aliphatic hydroxyl groups excluding tert-OH is 1. The summed E-state index contributed by atoms with van der Waals surface area (Å²) < 4.78 is 0. The van der Waals surface area contributed by atoms with E-state index in [4.69, 9.17) is 5.11 Å². The molecule has 0 aliphatic heterocycles. The van der Waals surface area contributed by atoms with Gasteiger partial charge in [-0.2, -0.15) is 0 Å². The van der Waals surface area contributed by atoms with Gasteiger partial charge in [-0.05, 0) is 40.4 Å². The lowest BCUT2D eigenvalue weighted by Gasteiger charge is -2.27. The molecule has 0 radical (unpaired) electrons.